The van der Waals surface area contributed by atoms with Crippen LogP contribution >= 0.6 is 0 Å². The van der Waals surface area contributed by atoms with Crippen molar-refractivity contribution in [2.45, 2.75) is 51.7 Å². The van der Waals surface area contributed by atoms with Gasteiger partial charge in [0.05, 0.1) is 6.54 Å². The predicted molar refractivity (Wildman–Crippen MR) is 102 cm³/mol. The van der Waals surface area contributed by atoms with E-state index in [0.717, 1.165) is 56.5 Å². The summed E-state index contributed by atoms with van der Waals surface area (Å²) in [4.78, 5) is 7.07. The van der Waals surface area contributed by atoms with Crippen LogP contribution in [0.4, 0.5) is 0 Å². The molecule has 1 unspecified atom stereocenters. The summed E-state index contributed by atoms with van der Waals surface area (Å²) in [5.74, 6) is 3.61. The van der Waals surface area contributed by atoms with Gasteiger partial charge in [0.25, 0.3) is 0 Å². The van der Waals surface area contributed by atoms with Crippen LogP contribution in [0.5, 0.6) is 0 Å². The molecule has 3 aromatic rings. The molecule has 0 aliphatic carbocycles. The first-order chi connectivity index (χ1) is 13.2. The fraction of sp³-hybridized carbons (Fsp3) is 0.579. The van der Waals surface area contributed by atoms with Gasteiger partial charge in [-0.05, 0) is 31.9 Å². The third-order valence-corrected chi connectivity index (χ3v) is 5.36. The van der Waals surface area contributed by atoms with Crippen LogP contribution < -0.4 is 0 Å². The van der Waals surface area contributed by atoms with Crippen LogP contribution in [0.15, 0.2) is 30.9 Å². The van der Waals surface area contributed by atoms with E-state index in [9.17, 15) is 0 Å². The average molecular weight is 368 g/mol. The maximum Gasteiger partial charge on any atom is 0.154 e. The molecule has 0 spiro atoms. The Balaban J connectivity index is 1.44. The summed E-state index contributed by atoms with van der Waals surface area (Å²) in [6.07, 6.45) is 11.2. The molecule has 0 amide bonds. The monoisotopic (exact) mass is 368 g/mol. The topological polar surface area (TPSA) is 69.6 Å². The van der Waals surface area contributed by atoms with Gasteiger partial charge in [0.2, 0.25) is 0 Å². The van der Waals surface area contributed by atoms with Crippen LogP contribution in [0.25, 0.3) is 0 Å². The van der Waals surface area contributed by atoms with Gasteiger partial charge in [0.1, 0.15) is 18.2 Å². The van der Waals surface area contributed by atoms with Gasteiger partial charge in [-0.15, -0.1) is 10.2 Å². The van der Waals surface area contributed by atoms with Crippen molar-refractivity contribution in [1.82, 2.24) is 39.0 Å². The van der Waals surface area contributed by atoms with Crippen molar-refractivity contribution in [2.24, 2.45) is 7.05 Å². The third kappa shape index (κ3) is 3.95. The number of aryl methyl sites for hydroxylation is 1. The van der Waals surface area contributed by atoms with Gasteiger partial charge >= 0.3 is 0 Å². The highest BCUT2D eigenvalue weighted by Crippen LogP contribution is 2.26. The number of hydrogen-bond acceptors (Lipinski definition) is 5. The third-order valence-electron chi connectivity index (χ3n) is 5.36. The molecule has 8 nitrogen and oxygen atoms in total. The molecular weight excluding hydrogens is 340 g/mol. The van der Waals surface area contributed by atoms with Crippen molar-refractivity contribution >= 4 is 0 Å². The molecular formula is C19H28N8. The van der Waals surface area contributed by atoms with Crippen LogP contribution in [-0.4, -0.2) is 52.1 Å². The molecule has 0 N–H and O–H groups in total. The molecule has 4 rings (SSSR count). The summed E-state index contributed by atoms with van der Waals surface area (Å²) >= 11 is 0. The Morgan fingerprint density at radius 2 is 2.04 bits per heavy atom. The van der Waals surface area contributed by atoms with Gasteiger partial charge in [-0.3, -0.25) is 9.58 Å². The maximum absolute atomic E-state index is 4.57. The number of imidazole rings is 1. The lowest BCUT2D eigenvalue weighted by atomic mass is 9.97. The molecule has 1 atom stereocenters. The van der Waals surface area contributed by atoms with Crippen LogP contribution in [-0.2, 0) is 26.7 Å². The Bertz CT molecular complexity index is 847. The molecule has 3 aromatic heterocycles. The fourth-order valence-corrected chi connectivity index (χ4v) is 3.95. The van der Waals surface area contributed by atoms with E-state index >= 15 is 0 Å². The Morgan fingerprint density at radius 1 is 1.11 bits per heavy atom. The van der Waals surface area contributed by atoms with Crippen LogP contribution in [0.1, 0.15) is 49.6 Å². The first-order valence-electron chi connectivity index (χ1n) is 9.82. The van der Waals surface area contributed by atoms with Gasteiger partial charge in [-0.1, -0.05) is 6.92 Å². The molecule has 27 heavy (non-hydrogen) atoms. The standard InChI is InChI=1S/C19H28N8/c1-3-9-26-12-8-20-17(26)14-25-10-4-6-16(13-25)19-23-22-18(24(19)2)15-27-11-5-7-21-27/h5,7-8,11-12,16H,3-4,6,9-10,13-15H2,1-2H3. The van der Waals surface area contributed by atoms with Crippen molar-refractivity contribution in [3.05, 3.63) is 48.3 Å². The molecule has 8 heteroatoms. The van der Waals surface area contributed by atoms with Gasteiger partial charge in [-0.25, -0.2) is 4.98 Å². The molecule has 4 heterocycles. The Labute approximate surface area is 159 Å². The largest absolute Gasteiger partial charge is 0.334 e. The van der Waals surface area contributed by atoms with E-state index in [1.54, 1.807) is 6.20 Å². The summed E-state index contributed by atoms with van der Waals surface area (Å²) in [6.45, 7) is 6.92. The number of piperidine rings is 1. The summed E-state index contributed by atoms with van der Waals surface area (Å²) in [5, 5.41) is 13.2. The van der Waals surface area contributed by atoms with E-state index in [2.05, 4.69) is 54.5 Å². The predicted octanol–water partition coefficient (Wildman–Crippen LogP) is 2.05. The number of aromatic nitrogens is 7. The van der Waals surface area contributed by atoms with Gasteiger partial charge in [0.15, 0.2) is 5.82 Å². The van der Waals surface area contributed by atoms with E-state index in [4.69, 9.17) is 0 Å². The van der Waals surface area contributed by atoms with Crippen LogP contribution in [0.3, 0.4) is 0 Å². The second kappa shape index (κ2) is 8.04. The van der Waals surface area contributed by atoms with E-state index < -0.39 is 0 Å². The second-order valence-corrected chi connectivity index (χ2v) is 7.35. The lowest BCUT2D eigenvalue weighted by Gasteiger charge is -2.32. The van der Waals surface area contributed by atoms with Crippen LogP contribution in [0, 0.1) is 0 Å². The summed E-state index contributed by atoms with van der Waals surface area (Å²) in [6, 6.07) is 1.93. The van der Waals surface area contributed by atoms with Gasteiger partial charge in [-0.2, -0.15) is 5.10 Å². The molecule has 1 fully saturated rings. The number of likely N-dealkylation sites (tertiary alicyclic amines) is 1. The first kappa shape index (κ1) is 17.9. The van der Waals surface area contributed by atoms with Gasteiger partial charge in [0, 0.05) is 50.8 Å². The fourth-order valence-electron chi connectivity index (χ4n) is 3.95. The first-order valence-corrected chi connectivity index (χ1v) is 9.82. The second-order valence-electron chi connectivity index (χ2n) is 7.35. The minimum atomic E-state index is 0.414. The van der Waals surface area contributed by atoms with Crippen LogP contribution in [0.2, 0.25) is 0 Å². The van der Waals surface area contributed by atoms with Crippen molar-refractivity contribution in [1.29, 1.82) is 0 Å². The van der Waals surface area contributed by atoms with E-state index in [-0.39, 0.29) is 0 Å². The molecule has 1 aliphatic rings. The highest BCUT2D eigenvalue weighted by atomic mass is 15.3. The highest BCUT2D eigenvalue weighted by molar-refractivity contribution is 5.05. The van der Waals surface area contributed by atoms with E-state index in [1.807, 2.05) is 23.1 Å². The molecule has 0 radical (unpaired) electrons. The lowest BCUT2D eigenvalue weighted by molar-refractivity contribution is 0.188. The number of nitrogens with zero attached hydrogens (tertiary/aromatic N) is 8. The zero-order valence-electron chi connectivity index (χ0n) is 16.2. The van der Waals surface area contributed by atoms with E-state index in [1.165, 1.54) is 6.42 Å². The molecule has 0 bridgehead atoms. The molecule has 1 saturated heterocycles. The van der Waals surface area contributed by atoms with Crippen molar-refractivity contribution in [3.8, 4) is 0 Å². The normalized spacial score (nSPS) is 18.2. The molecule has 1 aliphatic heterocycles. The van der Waals surface area contributed by atoms with Gasteiger partial charge < -0.3 is 9.13 Å². The zero-order chi connectivity index (χ0) is 18.6. The minimum absolute atomic E-state index is 0.414. The SMILES string of the molecule is CCCn1ccnc1CN1CCCC(c2nnc(Cn3cccn3)n2C)C1. The Hall–Kier alpha value is -2.48. The summed E-state index contributed by atoms with van der Waals surface area (Å²) in [7, 11) is 2.07. The maximum atomic E-state index is 4.57. The molecule has 0 saturated carbocycles. The highest BCUT2D eigenvalue weighted by Gasteiger charge is 2.26. The number of rotatable bonds is 7. The molecule has 0 aromatic carbocycles. The van der Waals surface area contributed by atoms with Crippen molar-refractivity contribution < 1.29 is 0 Å². The summed E-state index contributed by atoms with van der Waals surface area (Å²) in [5.41, 5.74) is 0. The Kier molecular flexibility index (Phi) is 5.33. The quantitative estimate of drug-likeness (QED) is 0.638. The van der Waals surface area contributed by atoms with Crippen molar-refractivity contribution in [2.75, 3.05) is 13.1 Å². The minimum Gasteiger partial charge on any atom is -0.334 e. The molecule has 144 valence electrons. The zero-order valence-corrected chi connectivity index (χ0v) is 16.2. The lowest BCUT2D eigenvalue weighted by Crippen LogP contribution is -2.35. The average Bonchev–Trinajstić information content (AvgIpc) is 3.40. The summed E-state index contributed by atoms with van der Waals surface area (Å²) < 4.78 is 6.30. The van der Waals surface area contributed by atoms with E-state index in [0.29, 0.717) is 12.5 Å². The van der Waals surface area contributed by atoms with Crippen molar-refractivity contribution in [3.63, 3.8) is 0 Å². The smallest absolute Gasteiger partial charge is 0.154 e. The number of hydrogen-bond donors (Lipinski definition) is 0. The Morgan fingerprint density at radius 3 is 2.85 bits per heavy atom.